The Hall–Kier alpha value is -1.64. The first-order valence-corrected chi connectivity index (χ1v) is 6.15. The molecule has 3 heteroatoms. The lowest BCUT2D eigenvalue weighted by molar-refractivity contribution is 0.229. The summed E-state index contributed by atoms with van der Waals surface area (Å²) in [6.45, 7) is 14.3. The fourth-order valence-corrected chi connectivity index (χ4v) is 1.70. The van der Waals surface area contributed by atoms with Crippen LogP contribution in [0.5, 0.6) is 0 Å². The molecule has 0 N–H and O–H groups in total. The van der Waals surface area contributed by atoms with Crippen molar-refractivity contribution in [2.75, 3.05) is 6.61 Å². The van der Waals surface area contributed by atoms with Crippen LogP contribution in [0.3, 0.4) is 0 Å². The van der Waals surface area contributed by atoms with E-state index in [1.54, 1.807) is 6.20 Å². The Kier molecular flexibility index (Phi) is 5.08. The van der Waals surface area contributed by atoms with Gasteiger partial charge in [0, 0.05) is 17.3 Å². The summed E-state index contributed by atoms with van der Waals surface area (Å²) in [5.74, 6) is 1.14. The van der Waals surface area contributed by atoms with Gasteiger partial charge in [0.1, 0.15) is 12.4 Å². The van der Waals surface area contributed by atoms with E-state index in [9.17, 15) is 0 Å². The largest absolute Gasteiger partial charge is 0.490 e. The molecule has 1 aliphatic rings. The van der Waals surface area contributed by atoms with Crippen LogP contribution in [0, 0.1) is 5.92 Å². The van der Waals surface area contributed by atoms with Gasteiger partial charge in [-0.3, -0.25) is 9.98 Å². The smallest absolute Gasteiger partial charge is 0.126 e. The van der Waals surface area contributed by atoms with Gasteiger partial charge in [0.25, 0.3) is 0 Å². The summed E-state index contributed by atoms with van der Waals surface area (Å²) in [4.78, 5) is 8.60. The monoisotopic (exact) mass is 246 g/mol. The topological polar surface area (TPSA) is 34.0 Å². The van der Waals surface area contributed by atoms with Gasteiger partial charge in [-0.2, -0.15) is 0 Å². The zero-order valence-electron chi connectivity index (χ0n) is 11.9. The number of rotatable bonds is 4. The van der Waals surface area contributed by atoms with Crippen LogP contribution < -0.4 is 0 Å². The first-order chi connectivity index (χ1) is 8.40. The molecule has 0 spiro atoms. The molecular weight excluding hydrogens is 224 g/mol. The minimum Gasteiger partial charge on any atom is -0.490 e. The van der Waals surface area contributed by atoms with Crippen molar-refractivity contribution in [2.24, 2.45) is 15.9 Å². The van der Waals surface area contributed by atoms with E-state index in [1.165, 1.54) is 5.57 Å². The Bertz CT molecular complexity index is 453. The summed E-state index contributed by atoms with van der Waals surface area (Å²) in [5.41, 5.74) is 3.98. The van der Waals surface area contributed by atoms with Crippen molar-refractivity contribution in [1.82, 2.24) is 0 Å². The van der Waals surface area contributed by atoms with Crippen LogP contribution in [0.2, 0.25) is 0 Å². The molecule has 18 heavy (non-hydrogen) atoms. The fraction of sp³-hybridized carbons (Fsp3) is 0.467. The fourth-order valence-electron chi connectivity index (χ4n) is 1.70. The third kappa shape index (κ3) is 4.32. The van der Waals surface area contributed by atoms with E-state index in [0.717, 1.165) is 22.9 Å². The first-order valence-electron chi connectivity index (χ1n) is 6.15. The zero-order valence-corrected chi connectivity index (χ0v) is 11.9. The van der Waals surface area contributed by atoms with Crippen LogP contribution in [0.15, 0.2) is 45.9 Å². The van der Waals surface area contributed by atoms with Gasteiger partial charge in [-0.25, -0.2) is 0 Å². The highest BCUT2D eigenvalue weighted by Gasteiger charge is 2.15. The first kappa shape index (κ1) is 14.4. The van der Waals surface area contributed by atoms with Crippen LogP contribution in [0.4, 0.5) is 0 Å². The van der Waals surface area contributed by atoms with E-state index < -0.39 is 0 Å². The van der Waals surface area contributed by atoms with Gasteiger partial charge >= 0.3 is 0 Å². The van der Waals surface area contributed by atoms with Crippen LogP contribution in [-0.4, -0.2) is 18.0 Å². The second kappa shape index (κ2) is 6.34. The highest BCUT2D eigenvalue weighted by atomic mass is 16.5. The van der Waals surface area contributed by atoms with Gasteiger partial charge < -0.3 is 4.74 Å². The van der Waals surface area contributed by atoms with Crippen LogP contribution in [0.1, 0.15) is 34.6 Å². The third-order valence-corrected chi connectivity index (χ3v) is 2.77. The Morgan fingerprint density at radius 1 is 1.44 bits per heavy atom. The molecule has 0 fully saturated rings. The lowest BCUT2D eigenvalue weighted by Gasteiger charge is -2.16. The molecule has 0 aromatic carbocycles. The highest BCUT2D eigenvalue weighted by Crippen LogP contribution is 2.23. The van der Waals surface area contributed by atoms with Gasteiger partial charge in [0.2, 0.25) is 0 Å². The van der Waals surface area contributed by atoms with E-state index in [-0.39, 0.29) is 5.92 Å². The Morgan fingerprint density at radius 2 is 2.11 bits per heavy atom. The Labute approximate surface area is 110 Å². The maximum atomic E-state index is 5.80. The van der Waals surface area contributed by atoms with Crippen molar-refractivity contribution in [1.29, 1.82) is 0 Å². The zero-order chi connectivity index (χ0) is 13.7. The number of aliphatic imine (C=N–C) groups is 2. The maximum Gasteiger partial charge on any atom is 0.126 e. The number of nitrogens with zero attached hydrogens (tertiary/aromatic N) is 2. The molecule has 1 heterocycles. The van der Waals surface area contributed by atoms with Crippen molar-refractivity contribution >= 4 is 11.4 Å². The van der Waals surface area contributed by atoms with Gasteiger partial charge in [-0.1, -0.05) is 19.1 Å². The van der Waals surface area contributed by atoms with Crippen molar-refractivity contribution in [3.63, 3.8) is 0 Å². The average Bonchev–Trinajstić information content (AvgIpc) is 2.37. The average molecular weight is 246 g/mol. The van der Waals surface area contributed by atoms with Gasteiger partial charge in [0.15, 0.2) is 0 Å². The summed E-state index contributed by atoms with van der Waals surface area (Å²) >= 11 is 0. The minimum absolute atomic E-state index is 0.254. The van der Waals surface area contributed by atoms with Crippen LogP contribution in [0.25, 0.3) is 0 Å². The van der Waals surface area contributed by atoms with E-state index >= 15 is 0 Å². The number of allylic oxidation sites excluding steroid dienone is 3. The van der Waals surface area contributed by atoms with E-state index in [2.05, 4.69) is 36.5 Å². The SMILES string of the molecule is C=C(C)N=C(C)COC1=CN=C(C)C=C(C)C1C. The lowest BCUT2D eigenvalue weighted by Crippen LogP contribution is -2.10. The standard InChI is InChI=1S/C15H22N2O/c1-10(2)17-13(5)9-18-15-8-16-12(4)7-11(3)14(15)6/h7-8,14H,1,9H2,2-6H3. The van der Waals surface area contributed by atoms with Gasteiger partial charge in [0.05, 0.1) is 11.9 Å². The quantitative estimate of drug-likeness (QED) is 0.693. The number of hydrogen-bond acceptors (Lipinski definition) is 3. The number of hydrogen-bond donors (Lipinski definition) is 0. The molecule has 0 saturated heterocycles. The molecule has 3 nitrogen and oxygen atoms in total. The molecule has 1 aliphatic heterocycles. The molecule has 0 bridgehead atoms. The third-order valence-electron chi connectivity index (χ3n) is 2.77. The van der Waals surface area contributed by atoms with E-state index in [0.29, 0.717) is 6.61 Å². The molecular formula is C15H22N2O. The van der Waals surface area contributed by atoms with E-state index in [1.807, 2.05) is 20.8 Å². The highest BCUT2D eigenvalue weighted by molar-refractivity contribution is 5.94. The van der Waals surface area contributed by atoms with Crippen molar-refractivity contribution in [3.05, 3.63) is 35.9 Å². The Morgan fingerprint density at radius 3 is 2.72 bits per heavy atom. The molecule has 1 atom stereocenters. The summed E-state index contributed by atoms with van der Waals surface area (Å²) in [6, 6.07) is 0. The number of ether oxygens (including phenoxy) is 1. The van der Waals surface area contributed by atoms with Crippen molar-refractivity contribution in [3.8, 4) is 0 Å². The van der Waals surface area contributed by atoms with E-state index in [4.69, 9.17) is 4.74 Å². The Balaban J connectivity index is 2.73. The predicted molar refractivity (Wildman–Crippen MR) is 78.0 cm³/mol. The summed E-state index contributed by atoms with van der Waals surface area (Å²) in [6.07, 6.45) is 3.90. The molecule has 0 amide bonds. The molecule has 0 saturated carbocycles. The summed E-state index contributed by atoms with van der Waals surface area (Å²) in [7, 11) is 0. The molecule has 98 valence electrons. The van der Waals surface area contributed by atoms with Crippen LogP contribution in [-0.2, 0) is 4.74 Å². The maximum absolute atomic E-state index is 5.80. The molecule has 0 aliphatic carbocycles. The molecule has 0 radical (unpaired) electrons. The minimum atomic E-state index is 0.254. The van der Waals surface area contributed by atoms with Crippen molar-refractivity contribution in [2.45, 2.75) is 34.6 Å². The lowest BCUT2D eigenvalue weighted by atomic mass is 10.0. The summed E-state index contributed by atoms with van der Waals surface area (Å²) in [5, 5.41) is 0. The summed E-state index contributed by atoms with van der Waals surface area (Å²) < 4.78 is 5.80. The second-order valence-electron chi connectivity index (χ2n) is 4.78. The normalized spacial score (nSPS) is 20.6. The van der Waals surface area contributed by atoms with Crippen molar-refractivity contribution < 1.29 is 4.74 Å². The molecule has 1 unspecified atom stereocenters. The van der Waals surface area contributed by atoms with Gasteiger partial charge in [-0.15, -0.1) is 0 Å². The molecule has 0 aromatic heterocycles. The van der Waals surface area contributed by atoms with Crippen LogP contribution >= 0.6 is 0 Å². The molecule has 1 rings (SSSR count). The van der Waals surface area contributed by atoms with Gasteiger partial charge in [-0.05, 0) is 33.8 Å². The predicted octanol–water partition coefficient (Wildman–Crippen LogP) is 3.90. The second-order valence-corrected chi connectivity index (χ2v) is 4.78. The molecule has 0 aromatic rings.